The highest BCUT2D eigenvalue weighted by atomic mass is 16.5. The number of unbranched alkanes of at least 4 members (excludes halogenated alkanes) is 2. The fourth-order valence-corrected chi connectivity index (χ4v) is 4.13. The molecule has 1 saturated carbocycles. The molecule has 0 saturated heterocycles. The molecule has 1 N–H and O–H groups in total. The second kappa shape index (κ2) is 7.04. The van der Waals surface area contributed by atoms with Crippen LogP contribution in [0, 0.1) is 6.92 Å². The summed E-state index contributed by atoms with van der Waals surface area (Å²) in [6.07, 6.45) is 11.5. The highest BCUT2D eigenvalue weighted by Crippen LogP contribution is 2.46. The van der Waals surface area contributed by atoms with Crippen molar-refractivity contribution in [3.8, 4) is 5.75 Å². The molecular formula is C20H31NO. The van der Waals surface area contributed by atoms with Gasteiger partial charge in [-0.3, -0.25) is 0 Å². The molecule has 2 aliphatic rings. The van der Waals surface area contributed by atoms with Crippen LogP contribution < -0.4 is 10.1 Å². The summed E-state index contributed by atoms with van der Waals surface area (Å²) >= 11 is 0. The highest BCUT2D eigenvalue weighted by Gasteiger charge is 2.41. The van der Waals surface area contributed by atoms with Crippen molar-refractivity contribution >= 4 is 0 Å². The third-order valence-electron chi connectivity index (χ3n) is 5.38. The Bertz CT molecular complexity index is 490. The minimum absolute atomic E-state index is 0.100. The fraction of sp³-hybridized carbons (Fsp3) is 0.700. The number of ether oxygens (including phenoxy) is 1. The van der Waals surface area contributed by atoms with Gasteiger partial charge in [-0.15, -0.1) is 0 Å². The highest BCUT2D eigenvalue weighted by molar-refractivity contribution is 5.41. The van der Waals surface area contributed by atoms with Crippen molar-refractivity contribution in [1.82, 2.24) is 5.32 Å². The molecule has 1 aromatic rings. The monoisotopic (exact) mass is 301 g/mol. The van der Waals surface area contributed by atoms with Gasteiger partial charge in [0, 0.05) is 18.0 Å². The van der Waals surface area contributed by atoms with Crippen LogP contribution in [-0.4, -0.2) is 12.1 Å². The van der Waals surface area contributed by atoms with E-state index in [0.717, 1.165) is 18.7 Å². The van der Waals surface area contributed by atoms with Crippen molar-refractivity contribution in [3.05, 3.63) is 29.3 Å². The Balaban J connectivity index is 1.78. The first kappa shape index (κ1) is 15.9. The van der Waals surface area contributed by atoms with Gasteiger partial charge in [0.1, 0.15) is 11.4 Å². The smallest absolute Gasteiger partial charge is 0.124 e. The molecule has 1 aromatic carbocycles. The first-order chi connectivity index (χ1) is 10.7. The predicted molar refractivity (Wildman–Crippen MR) is 92.5 cm³/mol. The number of rotatable bonds is 5. The van der Waals surface area contributed by atoms with Gasteiger partial charge in [0.2, 0.25) is 0 Å². The summed E-state index contributed by atoms with van der Waals surface area (Å²) in [5.74, 6) is 1.13. The molecule has 22 heavy (non-hydrogen) atoms. The first-order valence-corrected chi connectivity index (χ1v) is 9.25. The third-order valence-corrected chi connectivity index (χ3v) is 5.38. The standard InChI is InChI=1S/C20H31NO/c1-3-4-8-13-21-18-15-20(11-6-5-7-12-20)22-19-10-9-16(2)14-17(18)19/h9-10,14,18,21H,3-8,11-13,15H2,1-2H3. The predicted octanol–water partition coefficient (Wildman–Crippen LogP) is 5.30. The third kappa shape index (κ3) is 3.48. The molecule has 122 valence electrons. The van der Waals surface area contributed by atoms with Crippen molar-refractivity contribution in [2.45, 2.75) is 83.3 Å². The lowest BCUT2D eigenvalue weighted by molar-refractivity contribution is -0.00268. The van der Waals surface area contributed by atoms with Crippen LogP contribution in [0.1, 0.15) is 81.9 Å². The van der Waals surface area contributed by atoms with Crippen LogP contribution in [0.15, 0.2) is 18.2 Å². The maximum atomic E-state index is 6.53. The summed E-state index contributed by atoms with van der Waals surface area (Å²) < 4.78 is 6.53. The Labute approximate surface area is 135 Å². The molecule has 3 rings (SSSR count). The van der Waals surface area contributed by atoms with Crippen LogP contribution in [0.25, 0.3) is 0 Å². The van der Waals surface area contributed by atoms with Gasteiger partial charge in [0.15, 0.2) is 0 Å². The van der Waals surface area contributed by atoms with Gasteiger partial charge in [-0.25, -0.2) is 0 Å². The molecule has 1 aliphatic carbocycles. The number of hydrogen-bond acceptors (Lipinski definition) is 2. The molecule has 1 spiro atoms. The Kier molecular flexibility index (Phi) is 5.07. The minimum atomic E-state index is 0.100. The molecule has 1 heterocycles. The summed E-state index contributed by atoms with van der Waals surface area (Å²) in [4.78, 5) is 0. The second-order valence-electron chi connectivity index (χ2n) is 7.30. The average molecular weight is 301 g/mol. The minimum Gasteiger partial charge on any atom is -0.487 e. The van der Waals surface area contributed by atoms with Gasteiger partial charge in [-0.05, 0) is 51.6 Å². The van der Waals surface area contributed by atoms with Crippen LogP contribution in [0.3, 0.4) is 0 Å². The maximum Gasteiger partial charge on any atom is 0.124 e. The van der Waals surface area contributed by atoms with Gasteiger partial charge in [0.25, 0.3) is 0 Å². The average Bonchev–Trinajstić information content (AvgIpc) is 2.53. The number of aryl methyl sites for hydroxylation is 1. The lowest BCUT2D eigenvalue weighted by atomic mass is 9.77. The Morgan fingerprint density at radius 1 is 1.18 bits per heavy atom. The van der Waals surface area contributed by atoms with E-state index < -0.39 is 0 Å². The maximum absolute atomic E-state index is 6.53. The molecule has 1 atom stereocenters. The zero-order valence-corrected chi connectivity index (χ0v) is 14.3. The van der Waals surface area contributed by atoms with E-state index in [1.165, 1.54) is 62.5 Å². The fourth-order valence-electron chi connectivity index (χ4n) is 4.13. The van der Waals surface area contributed by atoms with Gasteiger partial charge in [-0.2, -0.15) is 0 Å². The van der Waals surface area contributed by atoms with E-state index in [2.05, 4.69) is 37.4 Å². The molecule has 2 nitrogen and oxygen atoms in total. The molecule has 0 aromatic heterocycles. The van der Waals surface area contributed by atoms with E-state index in [4.69, 9.17) is 4.74 Å². The molecule has 0 bridgehead atoms. The molecule has 0 amide bonds. The summed E-state index contributed by atoms with van der Waals surface area (Å²) in [7, 11) is 0. The second-order valence-corrected chi connectivity index (χ2v) is 7.30. The Morgan fingerprint density at radius 3 is 2.77 bits per heavy atom. The molecule has 2 heteroatoms. The first-order valence-electron chi connectivity index (χ1n) is 9.25. The molecule has 1 fully saturated rings. The largest absolute Gasteiger partial charge is 0.487 e. The molecular weight excluding hydrogens is 270 g/mol. The summed E-state index contributed by atoms with van der Waals surface area (Å²) in [6, 6.07) is 7.18. The number of fused-ring (bicyclic) bond motifs is 1. The Morgan fingerprint density at radius 2 is 2.00 bits per heavy atom. The van der Waals surface area contributed by atoms with E-state index in [0.29, 0.717) is 6.04 Å². The summed E-state index contributed by atoms with van der Waals surface area (Å²) in [6.45, 7) is 5.57. The van der Waals surface area contributed by atoms with Gasteiger partial charge in [-0.1, -0.05) is 43.9 Å². The molecule has 0 radical (unpaired) electrons. The normalized spacial score (nSPS) is 23.1. The van der Waals surface area contributed by atoms with Crippen LogP contribution in [0.2, 0.25) is 0 Å². The summed E-state index contributed by atoms with van der Waals surface area (Å²) in [5, 5.41) is 3.83. The van der Waals surface area contributed by atoms with Crippen LogP contribution in [0.5, 0.6) is 5.75 Å². The van der Waals surface area contributed by atoms with E-state index in [-0.39, 0.29) is 5.60 Å². The van der Waals surface area contributed by atoms with Crippen molar-refractivity contribution in [3.63, 3.8) is 0 Å². The zero-order chi connectivity index (χ0) is 15.4. The van der Waals surface area contributed by atoms with E-state index in [1.807, 2.05) is 0 Å². The van der Waals surface area contributed by atoms with Gasteiger partial charge in [0.05, 0.1) is 0 Å². The topological polar surface area (TPSA) is 21.3 Å². The lowest BCUT2D eigenvalue weighted by Crippen LogP contribution is -2.45. The number of hydrogen-bond donors (Lipinski definition) is 1. The van der Waals surface area contributed by atoms with Crippen LogP contribution in [0.4, 0.5) is 0 Å². The molecule has 1 aliphatic heterocycles. The van der Waals surface area contributed by atoms with E-state index >= 15 is 0 Å². The van der Waals surface area contributed by atoms with Crippen molar-refractivity contribution in [2.24, 2.45) is 0 Å². The van der Waals surface area contributed by atoms with Crippen molar-refractivity contribution < 1.29 is 4.74 Å². The SMILES string of the molecule is CCCCCNC1CC2(CCCCC2)Oc2ccc(C)cc21. The lowest BCUT2D eigenvalue weighted by Gasteiger charge is -2.45. The quantitative estimate of drug-likeness (QED) is 0.745. The van der Waals surface area contributed by atoms with Crippen LogP contribution in [-0.2, 0) is 0 Å². The van der Waals surface area contributed by atoms with Gasteiger partial charge < -0.3 is 10.1 Å². The summed E-state index contributed by atoms with van der Waals surface area (Å²) in [5.41, 5.74) is 2.82. The molecule has 1 unspecified atom stereocenters. The van der Waals surface area contributed by atoms with E-state index in [9.17, 15) is 0 Å². The zero-order valence-electron chi connectivity index (χ0n) is 14.3. The Hall–Kier alpha value is -1.02. The van der Waals surface area contributed by atoms with E-state index in [1.54, 1.807) is 0 Å². The van der Waals surface area contributed by atoms with Gasteiger partial charge >= 0.3 is 0 Å². The number of benzene rings is 1. The van der Waals surface area contributed by atoms with Crippen molar-refractivity contribution in [2.75, 3.05) is 6.54 Å². The van der Waals surface area contributed by atoms with Crippen LogP contribution >= 0.6 is 0 Å². The van der Waals surface area contributed by atoms with Crippen molar-refractivity contribution in [1.29, 1.82) is 0 Å². The number of nitrogens with one attached hydrogen (secondary N) is 1.